The fraction of sp³-hybridized carbons (Fsp3) is 0.235. The molecule has 0 fully saturated rings. The second kappa shape index (κ2) is 7.27. The topological polar surface area (TPSA) is 38.3 Å². The average Bonchev–Trinajstić information content (AvgIpc) is 2.47. The van der Waals surface area contributed by atoms with Crippen molar-refractivity contribution in [2.75, 3.05) is 11.9 Å². The lowest BCUT2D eigenvalue weighted by Crippen LogP contribution is -2.13. The summed E-state index contributed by atoms with van der Waals surface area (Å²) in [5, 5.41) is 2.89. The minimum Gasteiger partial charge on any atom is -0.491 e. The van der Waals surface area contributed by atoms with E-state index in [2.05, 4.69) is 35.1 Å². The SMILES string of the molecule is CC(C)COc1ccccc1NC(=O)c1ccc(Br)cc1. The normalized spacial score (nSPS) is 10.5. The van der Waals surface area contributed by atoms with Gasteiger partial charge in [-0.1, -0.05) is 41.9 Å². The van der Waals surface area contributed by atoms with Crippen molar-refractivity contribution in [1.82, 2.24) is 0 Å². The first-order chi connectivity index (χ1) is 10.1. The number of carbonyl (C=O) groups is 1. The van der Waals surface area contributed by atoms with Crippen LogP contribution >= 0.6 is 15.9 Å². The summed E-state index contributed by atoms with van der Waals surface area (Å²) in [5.41, 5.74) is 1.29. The van der Waals surface area contributed by atoms with Gasteiger partial charge in [0.2, 0.25) is 0 Å². The molecule has 1 amide bonds. The molecule has 0 aromatic heterocycles. The number of hydrogen-bond donors (Lipinski definition) is 1. The number of benzene rings is 2. The number of ether oxygens (including phenoxy) is 1. The highest BCUT2D eigenvalue weighted by atomic mass is 79.9. The third kappa shape index (κ3) is 4.60. The zero-order valence-corrected chi connectivity index (χ0v) is 13.7. The molecular formula is C17H18BrNO2. The summed E-state index contributed by atoms with van der Waals surface area (Å²) in [7, 11) is 0. The molecule has 1 N–H and O–H groups in total. The number of amides is 1. The van der Waals surface area contributed by atoms with E-state index in [1.807, 2.05) is 36.4 Å². The van der Waals surface area contributed by atoms with Gasteiger partial charge in [0.25, 0.3) is 5.91 Å². The van der Waals surface area contributed by atoms with Gasteiger partial charge < -0.3 is 10.1 Å². The maximum atomic E-state index is 12.2. The van der Waals surface area contributed by atoms with Gasteiger partial charge in [-0.25, -0.2) is 0 Å². The van der Waals surface area contributed by atoms with Crippen LogP contribution in [0, 0.1) is 5.92 Å². The number of hydrogen-bond acceptors (Lipinski definition) is 2. The fourth-order valence-electron chi connectivity index (χ4n) is 1.75. The maximum absolute atomic E-state index is 12.2. The van der Waals surface area contributed by atoms with Crippen LogP contribution in [0.3, 0.4) is 0 Å². The van der Waals surface area contributed by atoms with E-state index in [0.717, 1.165) is 4.47 Å². The van der Waals surface area contributed by atoms with Crippen LogP contribution in [0.15, 0.2) is 53.0 Å². The quantitative estimate of drug-likeness (QED) is 0.848. The molecule has 0 atom stereocenters. The second-order valence-corrected chi connectivity index (χ2v) is 6.08. The summed E-state index contributed by atoms with van der Waals surface area (Å²) in [6.45, 7) is 4.79. The van der Waals surface area contributed by atoms with E-state index < -0.39 is 0 Å². The fourth-order valence-corrected chi connectivity index (χ4v) is 2.01. The van der Waals surface area contributed by atoms with Crippen molar-refractivity contribution in [3.05, 3.63) is 58.6 Å². The van der Waals surface area contributed by atoms with Crippen LogP contribution in [0.5, 0.6) is 5.75 Å². The molecule has 0 radical (unpaired) electrons. The molecule has 4 heteroatoms. The molecule has 2 aromatic rings. The predicted octanol–water partition coefficient (Wildman–Crippen LogP) is 4.74. The van der Waals surface area contributed by atoms with E-state index in [-0.39, 0.29) is 5.91 Å². The smallest absolute Gasteiger partial charge is 0.255 e. The van der Waals surface area contributed by atoms with Crippen molar-refractivity contribution >= 4 is 27.5 Å². The van der Waals surface area contributed by atoms with Crippen LogP contribution in [0.25, 0.3) is 0 Å². The van der Waals surface area contributed by atoms with Gasteiger partial charge in [-0.15, -0.1) is 0 Å². The van der Waals surface area contributed by atoms with Crippen molar-refractivity contribution in [3.8, 4) is 5.75 Å². The monoisotopic (exact) mass is 347 g/mol. The Hall–Kier alpha value is -1.81. The Bertz CT molecular complexity index is 608. The van der Waals surface area contributed by atoms with Gasteiger partial charge in [0, 0.05) is 10.0 Å². The molecule has 110 valence electrons. The Kier molecular flexibility index (Phi) is 5.39. The molecule has 3 nitrogen and oxygen atoms in total. The number of anilines is 1. The minimum absolute atomic E-state index is 0.150. The molecule has 2 rings (SSSR count). The summed E-state index contributed by atoms with van der Waals surface area (Å²) in [4.78, 5) is 12.2. The van der Waals surface area contributed by atoms with E-state index in [4.69, 9.17) is 4.74 Å². The first kappa shape index (κ1) is 15.6. The van der Waals surface area contributed by atoms with Gasteiger partial charge in [0.05, 0.1) is 12.3 Å². The molecule has 21 heavy (non-hydrogen) atoms. The number of nitrogens with one attached hydrogen (secondary N) is 1. The summed E-state index contributed by atoms with van der Waals surface area (Å²) in [6.07, 6.45) is 0. The Morgan fingerprint density at radius 1 is 1.14 bits per heavy atom. The van der Waals surface area contributed by atoms with Crippen molar-refractivity contribution in [2.45, 2.75) is 13.8 Å². The largest absolute Gasteiger partial charge is 0.491 e. The summed E-state index contributed by atoms with van der Waals surface area (Å²) in [6, 6.07) is 14.7. The standard InChI is InChI=1S/C17H18BrNO2/c1-12(2)11-21-16-6-4-3-5-15(16)19-17(20)13-7-9-14(18)10-8-13/h3-10,12H,11H2,1-2H3,(H,19,20). The first-order valence-electron chi connectivity index (χ1n) is 6.85. The van der Waals surface area contributed by atoms with Crippen molar-refractivity contribution < 1.29 is 9.53 Å². The lowest BCUT2D eigenvalue weighted by Gasteiger charge is -2.13. The minimum atomic E-state index is -0.150. The third-order valence-electron chi connectivity index (χ3n) is 2.81. The van der Waals surface area contributed by atoms with Crippen LogP contribution in [-0.4, -0.2) is 12.5 Å². The number of carbonyl (C=O) groups excluding carboxylic acids is 1. The van der Waals surface area contributed by atoms with E-state index in [1.54, 1.807) is 12.1 Å². The average molecular weight is 348 g/mol. The molecule has 0 aliphatic carbocycles. The van der Waals surface area contributed by atoms with Crippen LogP contribution in [-0.2, 0) is 0 Å². The highest BCUT2D eigenvalue weighted by Gasteiger charge is 2.10. The third-order valence-corrected chi connectivity index (χ3v) is 3.34. The first-order valence-corrected chi connectivity index (χ1v) is 7.64. The summed E-state index contributed by atoms with van der Waals surface area (Å²) < 4.78 is 6.68. The maximum Gasteiger partial charge on any atom is 0.255 e. The Labute approximate surface area is 133 Å². The Morgan fingerprint density at radius 3 is 2.48 bits per heavy atom. The molecular weight excluding hydrogens is 330 g/mol. The van der Waals surface area contributed by atoms with Crippen molar-refractivity contribution in [1.29, 1.82) is 0 Å². The molecule has 0 heterocycles. The number of para-hydroxylation sites is 2. The molecule has 0 aliphatic heterocycles. The van der Waals surface area contributed by atoms with Crippen LogP contribution < -0.4 is 10.1 Å². The molecule has 0 spiro atoms. The molecule has 0 aliphatic rings. The van der Waals surface area contributed by atoms with Gasteiger partial charge >= 0.3 is 0 Å². The lowest BCUT2D eigenvalue weighted by molar-refractivity contribution is 0.102. The number of rotatable bonds is 5. The van der Waals surface area contributed by atoms with Gasteiger partial charge in [0.15, 0.2) is 0 Å². The van der Waals surface area contributed by atoms with Gasteiger partial charge in [-0.3, -0.25) is 4.79 Å². The molecule has 0 saturated heterocycles. The van der Waals surface area contributed by atoms with Crippen LogP contribution in [0.2, 0.25) is 0 Å². The predicted molar refractivity (Wildman–Crippen MR) is 88.9 cm³/mol. The zero-order valence-electron chi connectivity index (χ0n) is 12.1. The second-order valence-electron chi connectivity index (χ2n) is 5.16. The Balaban J connectivity index is 2.11. The van der Waals surface area contributed by atoms with Crippen LogP contribution in [0.1, 0.15) is 24.2 Å². The van der Waals surface area contributed by atoms with Gasteiger partial charge in [-0.2, -0.15) is 0 Å². The van der Waals surface area contributed by atoms with Crippen molar-refractivity contribution in [3.63, 3.8) is 0 Å². The lowest BCUT2D eigenvalue weighted by atomic mass is 10.2. The zero-order chi connectivity index (χ0) is 15.2. The summed E-state index contributed by atoms with van der Waals surface area (Å²) >= 11 is 3.36. The molecule has 2 aromatic carbocycles. The van der Waals surface area contributed by atoms with Crippen molar-refractivity contribution in [2.24, 2.45) is 5.92 Å². The highest BCUT2D eigenvalue weighted by molar-refractivity contribution is 9.10. The van der Waals surface area contributed by atoms with E-state index in [1.165, 1.54) is 0 Å². The van der Waals surface area contributed by atoms with Gasteiger partial charge in [-0.05, 0) is 42.3 Å². The van der Waals surface area contributed by atoms with E-state index >= 15 is 0 Å². The molecule has 0 saturated carbocycles. The van der Waals surface area contributed by atoms with Crippen LogP contribution in [0.4, 0.5) is 5.69 Å². The molecule has 0 bridgehead atoms. The van der Waals surface area contributed by atoms with Gasteiger partial charge in [0.1, 0.15) is 5.75 Å². The van der Waals surface area contributed by atoms with E-state index in [0.29, 0.717) is 29.5 Å². The van der Waals surface area contributed by atoms with E-state index in [9.17, 15) is 4.79 Å². The summed E-state index contributed by atoms with van der Waals surface area (Å²) in [5.74, 6) is 0.972. The highest BCUT2D eigenvalue weighted by Crippen LogP contribution is 2.25. The Morgan fingerprint density at radius 2 is 1.81 bits per heavy atom. The molecule has 0 unspecified atom stereocenters. The number of halogens is 1.